The van der Waals surface area contributed by atoms with E-state index in [1.165, 1.54) is 0 Å². The van der Waals surface area contributed by atoms with E-state index >= 15 is 0 Å². The lowest BCUT2D eigenvalue weighted by Crippen LogP contribution is -2.34. The second-order valence-electron chi connectivity index (χ2n) is 3.71. The summed E-state index contributed by atoms with van der Waals surface area (Å²) < 4.78 is 24.1. The summed E-state index contributed by atoms with van der Waals surface area (Å²) >= 11 is 0. The van der Waals surface area contributed by atoms with Crippen LogP contribution in [0.4, 0.5) is 0 Å². The first kappa shape index (κ1) is 10.9. The molecule has 0 aromatic rings. The fourth-order valence-electron chi connectivity index (χ4n) is 1.17. The molecule has 1 heterocycles. The van der Waals surface area contributed by atoms with Crippen molar-refractivity contribution in [2.75, 3.05) is 18.9 Å². The van der Waals surface area contributed by atoms with Gasteiger partial charge >= 0.3 is 0 Å². The van der Waals surface area contributed by atoms with Gasteiger partial charge in [-0.3, -0.25) is 4.84 Å². The highest BCUT2D eigenvalue weighted by atomic mass is 32.2. The van der Waals surface area contributed by atoms with Crippen molar-refractivity contribution in [3.8, 4) is 0 Å². The molecule has 0 bridgehead atoms. The lowest BCUT2D eigenvalue weighted by molar-refractivity contribution is -0.0290. The number of hydroxylamine groups is 1. The predicted molar refractivity (Wildman–Crippen MR) is 49.3 cm³/mol. The Hall–Kier alpha value is -0.170. The SMILES string of the molecule is CC(C)CS(=O)(=O)N1CC(N)CO1. The van der Waals surface area contributed by atoms with Gasteiger partial charge in [0.1, 0.15) is 0 Å². The van der Waals surface area contributed by atoms with E-state index in [9.17, 15) is 8.42 Å². The number of nitrogens with two attached hydrogens (primary N) is 1. The average Bonchev–Trinajstić information content (AvgIpc) is 2.32. The van der Waals surface area contributed by atoms with Crippen LogP contribution in [0.15, 0.2) is 0 Å². The van der Waals surface area contributed by atoms with Crippen LogP contribution in [-0.2, 0) is 14.9 Å². The minimum atomic E-state index is -3.26. The first-order valence-corrected chi connectivity index (χ1v) is 5.91. The summed E-state index contributed by atoms with van der Waals surface area (Å²) in [6, 6.07) is -0.193. The molecule has 1 rings (SSSR count). The molecule has 0 aromatic heterocycles. The van der Waals surface area contributed by atoms with E-state index in [0.29, 0.717) is 0 Å². The summed E-state index contributed by atoms with van der Waals surface area (Å²) in [5, 5.41) is 0. The minimum Gasteiger partial charge on any atom is -0.324 e. The Balaban J connectivity index is 2.60. The third-order valence-corrected chi connectivity index (χ3v) is 3.63. The van der Waals surface area contributed by atoms with Gasteiger partial charge in [0.05, 0.1) is 18.9 Å². The number of rotatable bonds is 3. The monoisotopic (exact) mass is 208 g/mol. The summed E-state index contributed by atoms with van der Waals surface area (Å²) in [6.07, 6.45) is 0. The van der Waals surface area contributed by atoms with Crippen LogP contribution in [-0.4, -0.2) is 37.8 Å². The van der Waals surface area contributed by atoms with Gasteiger partial charge in [0.15, 0.2) is 0 Å². The van der Waals surface area contributed by atoms with Crippen molar-refractivity contribution in [1.29, 1.82) is 0 Å². The summed E-state index contributed by atoms with van der Waals surface area (Å²) in [5.41, 5.74) is 5.52. The van der Waals surface area contributed by atoms with Crippen LogP contribution in [0.1, 0.15) is 13.8 Å². The normalized spacial score (nSPS) is 25.7. The van der Waals surface area contributed by atoms with Gasteiger partial charge in [0.25, 0.3) is 0 Å². The maximum absolute atomic E-state index is 11.5. The molecule has 5 nitrogen and oxygen atoms in total. The van der Waals surface area contributed by atoms with E-state index in [1.54, 1.807) is 0 Å². The molecule has 0 amide bonds. The van der Waals surface area contributed by atoms with E-state index in [2.05, 4.69) is 0 Å². The Morgan fingerprint density at radius 1 is 1.62 bits per heavy atom. The highest BCUT2D eigenvalue weighted by molar-refractivity contribution is 7.88. The van der Waals surface area contributed by atoms with Gasteiger partial charge in [-0.05, 0) is 5.92 Å². The maximum Gasteiger partial charge on any atom is 0.236 e. The van der Waals surface area contributed by atoms with E-state index in [-0.39, 0.29) is 30.9 Å². The molecule has 1 unspecified atom stereocenters. The molecule has 1 saturated heterocycles. The van der Waals surface area contributed by atoms with Gasteiger partial charge in [-0.1, -0.05) is 18.3 Å². The van der Waals surface area contributed by atoms with Crippen LogP contribution in [0.25, 0.3) is 0 Å². The van der Waals surface area contributed by atoms with Gasteiger partial charge in [-0.25, -0.2) is 8.42 Å². The number of sulfonamides is 1. The van der Waals surface area contributed by atoms with Crippen molar-refractivity contribution in [3.63, 3.8) is 0 Å². The van der Waals surface area contributed by atoms with Gasteiger partial charge in [-0.2, -0.15) is 0 Å². The molecule has 1 fully saturated rings. The molecular weight excluding hydrogens is 192 g/mol. The Bertz CT molecular complexity index is 263. The molecule has 0 saturated carbocycles. The Morgan fingerprint density at radius 2 is 2.23 bits per heavy atom. The lowest BCUT2D eigenvalue weighted by Gasteiger charge is -2.15. The largest absolute Gasteiger partial charge is 0.324 e. The first-order chi connectivity index (χ1) is 5.92. The molecule has 1 aliphatic rings. The van der Waals surface area contributed by atoms with E-state index < -0.39 is 10.0 Å². The van der Waals surface area contributed by atoms with Crippen LogP contribution in [0, 0.1) is 5.92 Å². The smallest absolute Gasteiger partial charge is 0.236 e. The maximum atomic E-state index is 11.5. The van der Waals surface area contributed by atoms with E-state index in [1.807, 2.05) is 13.8 Å². The van der Waals surface area contributed by atoms with Crippen molar-refractivity contribution >= 4 is 10.0 Å². The van der Waals surface area contributed by atoms with Crippen molar-refractivity contribution in [3.05, 3.63) is 0 Å². The molecule has 2 N–H and O–H groups in total. The first-order valence-electron chi connectivity index (χ1n) is 4.30. The van der Waals surface area contributed by atoms with Crippen molar-refractivity contribution < 1.29 is 13.3 Å². The molecule has 6 heteroatoms. The topological polar surface area (TPSA) is 72.6 Å². The fourth-order valence-corrected chi connectivity index (χ4v) is 2.82. The molecule has 78 valence electrons. The fraction of sp³-hybridized carbons (Fsp3) is 1.00. The number of nitrogens with zero attached hydrogens (tertiary/aromatic N) is 1. The lowest BCUT2D eigenvalue weighted by atomic mass is 10.3. The molecule has 13 heavy (non-hydrogen) atoms. The summed E-state index contributed by atoms with van der Waals surface area (Å²) in [6.45, 7) is 4.27. The van der Waals surface area contributed by atoms with Gasteiger partial charge in [-0.15, -0.1) is 0 Å². The van der Waals surface area contributed by atoms with E-state index in [0.717, 1.165) is 4.47 Å². The summed E-state index contributed by atoms with van der Waals surface area (Å²) in [4.78, 5) is 4.95. The van der Waals surface area contributed by atoms with Crippen LogP contribution >= 0.6 is 0 Å². The Morgan fingerprint density at radius 3 is 2.62 bits per heavy atom. The Labute approximate surface area is 78.9 Å². The Kier molecular flexibility index (Phi) is 3.28. The zero-order valence-corrected chi connectivity index (χ0v) is 8.75. The summed E-state index contributed by atoms with van der Waals surface area (Å²) in [7, 11) is -3.26. The molecule has 0 aliphatic carbocycles. The minimum absolute atomic E-state index is 0.102. The zero-order chi connectivity index (χ0) is 10.1. The van der Waals surface area contributed by atoms with Crippen molar-refractivity contribution in [2.24, 2.45) is 11.7 Å². The number of hydrogen-bond acceptors (Lipinski definition) is 4. The quantitative estimate of drug-likeness (QED) is 0.681. The second-order valence-corrected chi connectivity index (χ2v) is 5.62. The van der Waals surface area contributed by atoms with Gasteiger partial charge in [0.2, 0.25) is 10.0 Å². The predicted octanol–water partition coefficient (Wildman–Crippen LogP) is -0.453. The molecule has 1 atom stereocenters. The van der Waals surface area contributed by atoms with Gasteiger partial charge < -0.3 is 5.73 Å². The zero-order valence-electron chi connectivity index (χ0n) is 7.93. The van der Waals surface area contributed by atoms with Crippen LogP contribution in [0.5, 0.6) is 0 Å². The van der Waals surface area contributed by atoms with Crippen molar-refractivity contribution in [1.82, 2.24) is 4.47 Å². The molecular formula is C7H16N2O3S. The molecule has 0 spiro atoms. The second kappa shape index (κ2) is 3.91. The third kappa shape index (κ3) is 2.91. The molecule has 1 aliphatic heterocycles. The van der Waals surface area contributed by atoms with Crippen LogP contribution in [0.2, 0.25) is 0 Å². The molecule has 0 aromatic carbocycles. The third-order valence-electron chi connectivity index (χ3n) is 1.67. The number of hydrogen-bond donors (Lipinski definition) is 1. The average molecular weight is 208 g/mol. The summed E-state index contributed by atoms with van der Waals surface area (Å²) in [5.74, 6) is 0.213. The highest BCUT2D eigenvalue weighted by Crippen LogP contribution is 2.13. The van der Waals surface area contributed by atoms with Crippen molar-refractivity contribution in [2.45, 2.75) is 19.9 Å². The molecule has 0 radical (unpaired) electrons. The highest BCUT2D eigenvalue weighted by Gasteiger charge is 2.31. The van der Waals surface area contributed by atoms with Crippen LogP contribution < -0.4 is 5.73 Å². The van der Waals surface area contributed by atoms with E-state index in [4.69, 9.17) is 10.6 Å². The van der Waals surface area contributed by atoms with Crippen LogP contribution in [0.3, 0.4) is 0 Å². The van der Waals surface area contributed by atoms with Gasteiger partial charge in [0, 0.05) is 6.04 Å². The standard InChI is InChI=1S/C7H16N2O3S/c1-6(2)5-13(10,11)9-3-7(8)4-12-9/h6-7H,3-5,8H2,1-2H3.